The summed E-state index contributed by atoms with van der Waals surface area (Å²) in [5.41, 5.74) is 0.368. The number of hydrogen-bond donors (Lipinski definition) is 4. The van der Waals surface area contributed by atoms with Gasteiger partial charge in [0.2, 0.25) is 11.8 Å². The highest BCUT2D eigenvalue weighted by atomic mass is 16.8. The van der Waals surface area contributed by atoms with E-state index in [1.807, 2.05) is 0 Å². The molecule has 0 aliphatic carbocycles. The Balaban J connectivity index is 1.79. The number of aliphatic hydroxyl groups is 2. The lowest BCUT2D eigenvalue weighted by molar-refractivity contribution is -0.197. The third kappa shape index (κ3) is 13.3. The normalized spacial score (nSPS) is 28.5. The molecule has 2 rings (SSSR count). The van der Waals surface area contributed by atoms with Crippen molar-refractivity contribution in [2.75, 3.05) is 26.3 Å². The zero-order chi connectivity index (χ0) is 35.2. The predicted octanol–water partition coefficient (Wildman–Crippen LogP) is 5.47. The van der Waals surface area contributed by atoms with Crippen LogP contribution in [0.15, 0.2) is 0 Å². The Hall–Kier alpha value is -1.30. The van der Waals surface area contributed by atoms with Crippen molar-refractivity contribution in [1.82, 2.24) is 10.6 Å². The standard InChI is InChI=1S/C36H68N2O8/c1-13-32(6,7)22-33(8,9)23-37-27(39)15-17-35(11)43-19-25(45-35)29(41)30(42)26-20-44-36(12,46-26)18-16-28(40)38-24-34(10,14-2)21-31(3,4)5/h25-26,29-30,41-42H,13-24H2,1-12H3,(H,37,39)(H,38,40). The van der Waals surface area contributed by atoms with Gasteiger partial charge < -0.3 is 39.8 Å². The van der Waals surface area contributed by atoms with Gasteiger partial charge in [0.05, 0.1) is 13.2 Å². The molecule has 0 aromatic carbocycles. The van der Waals surface area contributed by atoms with Gasteiger partial charge in [-0.15, -0.1) is 0 Å². The maximum absolute atomic E-state index is 12.7. The zero-order valence-corrected chi connectivity index (χ0v) is 31.1. The maximum atomic E-state index is 12.7. The van der Waals surface area contributed by atoms with Gasteiger partial charge >= 0.3 is 0 Å². The summed E-state index contributed by atoms with van der Waals surface area (Å²) in [7, 11) is 0. The summed E-state index contributed by atoms with van der Waals surface area (Å²) < 4.78 is 23.8. The molecule has 2 heterocycles. The molecule has 0 radical (unpaired) electrons. The van der Waals surface area contributed by atoms with Crippen LogP contribution < -0.4 is 10.6 Å². The van der Waals surface area contributed by atoms with Crippen LogP contribution in [-0.4, -0.2) is 84.3 Å². The predicted molar refractivity (Wildman–Crippen MR) is 180 cm³/mol. The van der Waals surface area contributed by atoms with Gasteiger partial charge in [-0.05, 0) is 54.8 Å². The van der Waals surface area contributed by atoms with Crippen LogP contribution in [0.1, 0.15) is 134 Å². The van der Waals surface area contributed by atoms with Gasteiger partial charge in [-0.1, -0.05) is 75.7 Å². The molecule has 10 heteroatoms. The summed E-state index contributed by atoms with van der Waals surface area (Å²) in [6, 6.07) is 0. The van der Waals surface area contributed by atoms with Gasteiger partial charge in [0.25, 0.3) is 0 Å². The molecule has 0 bridgehead atoms. The highest BCUT2D eigenvalue weighted by molar-refractivity contribution is 5.76. The van der Waals surface area contributed by atoms with E-state index in [1.165, 1.54) is 0 Å². The maximum Gasteiger partial charge on any atom is 0.220 e. The first-order valence-corrected chi connectivity index (χ1v) is 17.5. The van der Waals surface area contributed by atoms with Crippen molar-refractivity contribution in [1.29, 1.82) is 0 Å². The molecule has 7 atom stereocenters. The lowest BCUT2D eigenvalue weighted by Crippen LogP contribution is -2.47. The molecule has 0 aromatic heterocycles. The largest absolute Gasteiger partial charge is 0.387 e. The lowest BCUT2D eigenvalue weighted by atomic mass is 9.73. The molecule has 2 aliphatic rings. The van der Waals surface area contributed by atoms with Gasteiger partial charge in [0.1, 0.15) is 24.4 Å². The van der Waals surface area contributed by atoms with Gasteiger partial charge in [-0.3, -0.25) is 9.59 Å². The fourth-order valence-electron chi connectivity index (χ4n) is 6.92. The number of rotatable bonds is 18. The summed E-state index contributed by atoms with van der Waals surface area (Å²) >= 11 is 0. The molecule has 7 unspecified atom stereocenters. The Morgan fingerprint density at radius 2 is 1.15 bits per heavy atom. The van der Waals surface area contributed by atoms with Crippen LogP contribution in [0.2, 0.25) is 0 Å². The second-order valence-corrected chi connectivity index (χ2v) is 17.5. The van der Waals surface area contributed by atoms with Crippen LogP contribution in [0.25, 0.3) is 0 Å². The molecule has 0 saturated carbocycles. The third-order valence-corrected chi connectivity index (χ3v) is 9.83. The second kappa shape index (κ2) is 15.9. The van der Waals surface area contributed by atoms with Crippen molar-refractivity contribution in [3.8, 4) is 0 Å². The van der Waals surface area contributed by atoms with Gasteiger partial charge in [0, 0.05) is 38.8 Å². The zero-order valence-electron chi connectivity index (χ0n) is 31.1. The molecule has 0 aromatic rings. The molecule has 2 amide bonds. The number of ether oxygens (including phenoxy) is 4. The molecule has 4 N–H and O–H groups in total. The van der Waals surface area contributed by atoms with Crippen molar-refractivity contribution in [3.63, 3.8) is 0 Å². The molecular weight excluding hydrogens is 588 g/mol. The first-order valence-electron chi connectivity index (χ1n) is 17.5. The highest BCUT2D eigenvalue weighted by Gasteiger charge is 2.48. The van der Waals surface area contributed by atoms with Crippen molar-refractivity contribution in [3.05, 3.63) is 0 Å². The van der Waals surface area contributed by atoms with E-state index in [-0.39, 0.29) is 59.5 Å². The fourth-order valence-corrected chi connectivity index (χ4v) is 6.92. The summed E-state index contributed by atoms with van der Waals surface area (Å²) in [5, 5.41) is 28.1. The Morgan fingerprint density at radius 3 is 1.54 bits per heavy atom. The van der Waals surface area contributed by atoms with E-state index < -0.39 is 36.0 Å². The number of carbonyl (C=O) groups excluding carboxylic acids is 2. The Bertz CT molecular complexity index is 997. The first kappa shape index (κ1) is 40.9. The highest BCUT2D eigenvalue weighted by Crippen LogP contribution is 2.37. The number of hydrogen-bond acceptors (Lipinski definition) is 8. The van der Waals surface area contributed by atoms with Crippen LogP contribution >= 0.6 is 0 Å². The minimum Gasteiger partial charge on any atom is -0.387 e. The van der Waals surface area contributed by atoms with E-state index in [4.69, 9.17) is 18.9 Å². The Labute approximate surface area is 279 Å². The number of carbonyl (C=O) groups is 2. The third-order valence-electron chi connectivity index (χ3n) is 9.83. The van der Waals surface area contributed by atoms with E-state index in [0.717, 1.165) is 25.7 Å². The Kier molecular flexibility index (Phi) is 14.2. The molecule has 270 valence electrons. The molecule has 2 aliphatic heterocycles. The average molecular weight is 657 g/mol. The second-order valence-electron chi connectivity index (χ2n) is 17.5. The summed E-state index contributed by atoms with van der Waals surface area (Å²) in [6.07, 6.45) is 0.969. The molecule has 0 spiro atoms. The van der Waals surface area contributed by atoms with Gasteiger partial charge in [0.15, 0.2) is 11.6 Å². The van der Waals surface area contributed by atoms with Crippen LogP contribution in [-0.2, 0) is 28.5 Å². The van der Waals surface area contributed by atoms with Gasteiger partial charge in [-0.2, -0.15) is 0 Å². The molecule has 2 fully saturated rings. The van der Waals surface area contributed by atoms with Crippen molar-refractivity contribution >= 4 is 11.8 Å². The number of aliphatic hydroxyl groups excluding tert-OH is 2. The monoisotopic (exact) mass is 656 g/mol. The van der Waals surface area contributed by atoms with Crippen molar-refractivity contribution in [2.45, 2.75) is 170 Å². The quantitative estimate of drug-likeness (QED) is 0.153. The van der Waals surface area contributed by atoms with Crippen molar-refractivity contribution in [2.24, 2.45) is 21.7 Å². The minimum atomic E-state index is -1.29. The van der Waals surface area contributed by atoms with E-state index in [2.05, 4.69) is 79.9 Å². The summed E-state index contributed by atoms with van der Waals surface area (Å²) in [4.78, 5) is 25.4. The van der Waals surface area contributed by atoms with Crippen LogP contribution in [0.3, 0.4) is 0 Å². The van der Waals surface area contributed by atoms with E-state index in [0.29, 0.717) is 25.9 Å². The average Bonchev–Trinajstić information content (AvgIpc) is 3.54. The molecule has 2 saturated heterocycles. The van der Waals surface area contributed by atoms with E-state index in [1.54, 1.807) is 13.8 Å². The van der Waals surface area contributed by atoms with Crippen LogP contribution in [0.4, 0.5) is 0 Å². The summed E-state index contributed by atoms with van der Waals surface area (Å²) in [6.45, 7) is 26.9. The molecule has 46 heavy (non-hydrogen) atoms. The van der Waals surface area contributed by atoms with E-state index in [9.17, 15) is 19.8 Å². The van der Waals surface area contributed by atoms with Crippen LogP contribution in [0, 0.1) is 21.7 Å². The van der Waals surface area contributed by atoms with E-state index >= 15 is 0 Å². The molecular formula is C36H68N2O8. The number of amides is 2. The van der Waals surface area contributed by atoms with Crippen LogP contribution in [0.5, 0.6) is 0 Å². The minimum absolute atomic E-state index is 0.0147. The first-order chi connectivity index (χ1) is 20.9. The summed E-state index contributed by atoms with van der Waals surface area (Å²) in [5.74, 6) is -2.26. The lowest BCUT2D eigenvalue weighted by Gasteiger charge is -2.35. The SMILES string of the molecule is CCC(C)(C)CC(C)(C)CNC(=O)CCC1(C)OCC(C(O)C(O)C2COC(C)(CCC(=O)NCC(C)(CC)CC(C)(C)C)O2)O1. The fraction of sp³-hybridized carbons (Fsp3) is 0.944. The Morgan fingerprint density at radius 1 is 0.717 bits per heavy atom. The van der Waals surface area contributed by atoms with Crippen molar-refractivity contribution < 1.29 is 38.7 Å². The number of nitrogens with one attached hydrogen (secondary N) is 2. The smallest absolute Gasteiger partial charge is 0.220 e. The van der Waals surface area contributed by atoms with Gasteiger partial charge in [-0.25, -0.2) is 0 Å². The topological polar surface area (TPSA) is 136 Å². The molecule has 10 nitrogen and oxygen atoms in total.